The van der Waals surface area contributed by atoms with E-state index in [1.165, 1.54) is 25.7 Å². The van der Waals surface area contributed by atoms with Crippen molar-refractivity contribution in [1.29, 1.82) is 0 Å². The fourth-order valence-electron chi connectivity index (χ4n) is 3.12. The molecule has 0 radical (unpaired) electrons. The van der Waals surface area contributed by atoms with Crippen molar-refractivity contribution in [1.82, 2.24) is 0 Å². The lowest BCUT2D eigenvalue weighted by molar-refractivity contribution is 0.194. The van der Waals surface area contributed by atoms with Crippen molar-refractivity contribution in [2.75, 3.05) is 6.61 Å². The normalized spacial score (nSPS) is 23.6. The summed E-state index contributed by atoms with van der Waals surface area (Å²) in [6.45, 7) is 21.9. The Labute approximate surface area is 153 Å². The molecule has 0 saturated carbocycles. The van der Waals surface area contributed by atoms with Crippen LogP contribution in [-0.2, 0) is 4.43 Å². The van der Waals surface area contributed by atoms with Crippen LogP contribution >= 0.6 is 0 Å². The highest BCUT2D eigenvalue weighted by molar-refractivity contribution is 6.74. The maximum Gasteiger partial charge on any atom is 0.191 e. The fraction of sp³-hybridized carbons (Fsp3) is 0.818. The SMILES string of the molecule is CC1=C[C@H](/C(C)=C/CCC(C)C)[C@@H](CO[Si](C)(C)C(C)(C)C)CC1. The highest BCUT2D eigenvalue weighted by atomic mass is 28.4. The van der Waals surface area contributed by atoms with E-state index in [0.717, 1.165) is 12.5 Å². The third-order valence-electron chi connectivity index (χ3n) is 6.08. The van der Waals surface area contributed by atoms with Crippen molar-refractivity contribution in [3.05, 3.63) is 23.3 Å². The summed E-state index contributed by atoms with van der Waals surface area (Å²) in [5.74, 6) is 2.02. The van der Waals surface area contributed by atoms with Gasteiger partial charge in [-0.2, -0.15) is 0 Å². The molecule has 1 rings (SSSR count). The van der Waals surface area contributed by atoms with E-state index in [-0.39, 0.29) is 0 Å². The smallest absolute Gasteiger partial charge is 0.191 e. The summed E-state index contributed by atoms with van der Waals surface area (Å²) < 4.78 is 6.57. The molecule has 0 saturated heterocycles. The molecule has 0 fully saturated rings. The second-order valence-electron chi connectivity index (χ2n) is 9.83. The van der Waals surface area contributed by atoms with Crippen LogP contribution in [0, 0.1) is 17.8 Å². The molecule has 0 N–H and O–H groups in total. The number of allylic oxidation sites excluding steroid dienone is 4. The Morgan fingerprint density at radius 2 is 1.96 bits per heavy atom. The van der Waals surface area contributed by atoms with Gasteiger partial charge in [0.05, 0.1) is 0 Å². The van der Waals surface area contributed by atoms with Crippen LogP contribution < -0.4 is 0 Å². The van der Waals surface area contributed by atoms with E-state index in [9.17, 15) is 0 Å². The molecular weight excluding hydrogens is 308 g/mol. The Bertz CT molecular complexity index is 451. The zero-order chi connectivity index (χ0) is 18.5. The Morgan fingerprint density at radius 3 is 2.50 bits per heavy atom. The Balaban J connectivity index is 2.77. The van der Waals surface area contributed by atoms with Crippen molar-refractivity contribution in [2.45, 2.75) is 92.3 Å². The first-order valence-corrected chi connectivity index (χ1v) is 12.8. The van der Waals surface area contributed by atoms with E-state index in [1.807, 2.05) is 0 Å². The lowest BCUT2D eigenvalue weighted by Crippen LogP contribution is -2.42. The monoisotopic (exact) mass is 350 g/mol. The lowest BCUT2D eigenvalue weighted by Gasteiger charge is -2.39. The van der Waals surface area contributed by atoms with Crippen LogP contribution in [-0.4, -0.2) is 14.9 Å². The summed E-state index contributed by atoms with van der Waals surface area (Å²) in [7, 11) is -1.65. The predicted octanol–water partition coefficient (Wildman–Crippen LogP) is 7.36. The van der Waals surface area contributed by atoms with Gasteiger partial charge in [-0.25, -0.2) is 0 Å². The molecule has 0 spiro atoms. The molecule has 1 aliphatic carbocycles. The first kappa shape index (κ1) is 21.7. The van der Waals surface area contributed by atoms with Gasteiger partial charge in [0, 0.05) is 12.5 Å². The Kier molecular flexibility index (Phi) is 8.00. The largest absolute Gasteiger partial charge is 0.417 e. The lowest BCUT2D eigenvalue weighted by atomic mass is 9.77. The minimum Gasteiger partial charge on any atom is -0.417 e. The first-order valence-electron chi connectivity index (χ1n) is 9.92. The third kappa shape index (κ3) is 6.52. The molecule has 0 bridgehead atoms. The van der Waals surface area contributed by atoms with Crippen LogP contribution in [0.3, 0.4) is 0 Å². The fourth-order valence-corrected chi connectivity index (χ4v) is 4.18. The second kappa shape index (κ2) is 8.85. The average Bonchev–Trinajstić information content (AvgIpc) is 2.44. The third-order valence-corrected chi connectivity index (χ3v) is 10.6. The van der Waals surface area contributed by atoms with E-state index in [1.54, 1.807) is 11.1 Å². The van der Waals surface area contributed by atoms with Crippen molar-refractivity contribution in [2.24, 2.45) is 17.8 Å². The van der Waals surface area contributed by atoms with Gasteiger partial charge >= 0.3 is 0 Å². The molecular formula is C22H42OSi. The van der Waals surface area contributed by atoms with Gasteiger partial charge < -0.3 is 4.43 Å². The molecule has 0 aromatic heterocycles. The zero-order valence-electron chi connectivity index (χ0n) is 17.8. The highest BCUT2D eigenvalue weighted by Crippen LogP contribution is 2.39. The predicted molar refractivity (Wildman–Crippen MR) is 111 cm³/mol. The van der Waals surface area contributed by atoms with E-state index in [2.05, 4.69) is 73.7 Å². The summed E-state index contributed by atoms with van der Waals surface area (Å²) in [6.07, 6.45) is 10.0. The van der Waals surface area contributed by atoms with Gasteiger partial charge in [-0.15, -0.1) is 0 Å². The summed E-state index contributed by atoms with van der Waals surface area (Å²) in [5.41, 5.74) is 3.11. The van der Waals surface area contributed by atoms with Gasteiger partial charge in [-0.05, 0) is 69.5 Å². The van der Waals surface area contributed by atoms with Gasteiger partial charge in [-0.1, -0.05) is 57.9 Å². The first-order chi connectivity index (χ1) is 10.9. The number of hydrogen-bond donors (Lipinski definition) is 0. The topological polar surface area (TPSA) is 9.23 Å². The zero-order valence-corrected chi connectivity index (χ0v) is 18.8. The standard InChI is InChI=1S/C22H42OSi/c1-17(2)11-10-12-19(4)21-15-18(3)13-14-20(21)16-23-24(8,9)22(5,6)7/h12,15,17,20-21H,10-11,13-14,16H2,1-9H3/b19-12+/t20-,21-/m1/s1. The van der Waals surface area contributed by atoms with E-state index in [4.69, 9.17) is 4.43 Å². The van der Waals surface area contributed by atoms with Crippen molar-refractivity contribution < 1.29 is 4.43 Å². The molecule has 1 aliphatic rings. The molecule has 0 aromatic rings. The van der Waals surface area contributed by atoms with Crippen molar-refractivity contribution >= 4 is 8.32 Å². The maximum atomic E-state index is 6.57. The molecule has 0 aromatic carbocycles. The molecule has 0 unspecified atom stereocenters. The molecule has 1 nitrogen and oxygen atoms in total. The molecule has 140 valence electrons. The van der Waals surface area contributed by atoms with Crippen molar-refractivity contribution in [3.8, 4) is 0 Å². The van der Waals surface area contributed by atoms with E-state index >= 15 is 0 Å². The van der Waals surface area contributed by atoms with E-state index in [0.29, 0.717) is 16.9 Å². The van der Waals surface area contributed by atoms with Crippen LogP contribution in [0.4, 0.5) is 0 Å². The van der Waals surface area contributed by atoms with Crippen molar-refractivity contribution in [3.63, 3.8) is 0 Å². The van der Waals surface area contributed by atoms with Gasteiger partial charge in [0.2, 0.25) is 0 Å². The summed E-state index contributed by atoms with van der Waals surface area (Å²) in [4.78, 5) is 0. The minimum atomic E-state index is -1.65. The van der Waals surface area contributed by atoms with Crippen LogP contribution in [0.5, 0.6) is 0 Å². The molecule has 0 aliphatic heterocycles. The molecule has 24 heavy (non-hydrogen) atoms. The minimum absolute atomic E-state index is 0.297. The van der Waals surface area contributed by atoms with Gasteiger partial charge in [0.1, 0.15) is 0 Å². The molecule has 2 atom stereocenters. The second-order valence-corrected chi connectivity index (χ2v) is 14.6. The average molecular weight is 351 g/mol. The highest BCUT2D eigenvalue weighted by Gasteiger charge is 2.38. The van der Waals surface area contributed by atoms with E-state index < -0.39 is 8.32 Å². The maximum absolute atomic E-state index is 6.57. The number of rotatable bonds is 7. The van der Waals surface area contributed by atoms with Crippen LogP contribution in [0.15, 0.2) is 23.3 Å². The molecule has 0 amide bonds. The van der Waals surface area contributed by atoms with Gasteiger partial charge in [-0.3, -0.25) is 0 Å². The Morgan fingerprint density at radius 1 is 1.33 bits per heavy atom. The number of hydrogen-bond acceptors (Lipinski definition) is 1. The summed E-state index contributed by atoms with van der Waals surface area (Å²) in [6, 6.07) is 0. The summed E-state index contributed by atoms with van der Waals surface area (Å²) >= 11 is 0. The van der Waals surface area contributed by atoms with Crippen LogP contribution in [0.25, 0.3) is 0 Å². The van der Waals surface area contributed by atoms with Gasteiger partial charge in [0.15, 0.2) is 8.32 Å². The Hall–Kier alpha value is -0.343. The van der Waals surface area contributed by atoms with Crippen LogP contribution in [0.2, 0.25) is 18.1 Å². The summed E-state index contributed by atoms with van der Waals surface area (Å²) in [5, 5.41) is 0.297. The molecule has 2 heteroatoms. The quantitative estimate of drug-likeness (QED) is 0.344. The van der Waals surface area contributed by atoms with Crippen LogP contribution in [0.1, 0.15) is 74.1 Å². The molecule has 0 heterocycles. The van der Waals surface area contributed by atoms with Gasteiger partial charge in [0.25, 0.3) is 0 Å².